The summed E-state index contributed by atoms with van der Waals surface area (Å²) in [5.41, 5.74) is -0.785. The van der Waals surface area contributed by atoms with Gasteiger partial charge in [0.25, 0.3) is 5.76 Å². The molecule has 6 nitrogen and oxygen atoms in total. The predicted octanol–water partition coefficient (Wildman–Crippen LogP) is 0.786. The molecule has 0 saturated carbocycles. The van der Waals surface area contributed by atoms with Crippen LogP contribution in [0.25, 0.3) is 0 Å². The Labute approximate surface area is 80.7 Å². The Morgan fingerprint density at radius 3 is 2.07 bits per heavy atom. The van der Waals surface area contributed by atoms with Gasteiger partial charge >= 0.3 is 11.9 Å². The predicted molar refractivity (Wildman–Crippen MR) is 45.3 cm³/mol. The van der Waals surface area contributed by atoms with Crippen molar-refractivity contribution in [2.24, 2.45) is 0 Å². The Bertz CT molecular complexity index is 259. The smallest absolute Gasteiger partial charge is 0.378 e. The normalized spacial score (nSPS) is 12.1. The van der Waals surface area contributed by atoms with Crippen molar-refractivity contribution in [1.29, 1.82) is 0 Å². The third-order valence-corrected chi connectivity index (χ3v) is 0.953. The lowest BCUT2D eigenvalue weighted by atomic mass is 10.2. The molecule has 0 amide bonds. The summed E-state index contributed by atoms with van der Waals surface area (Å²) < 4.78 is 4.74. The Hall–Kier alpha value is -1.56. The van der Waals surface area contributed by atoms with E-state index >= 15 is 0 Å². The number of aliphatic carboxylic acids is 1. The fraction of sp³-hybridized carbons (Fsp3) is 0.500. The lowest BCUT2D eigenvalue weighted by Crippen LogP contribution is -2.25. The molecular formula is C8H12O6. The van der Waals surface area contributed by atoms with Gasteiger partial charge in [-0.25, -0.2) is 14.8 Å². The third-order valence-electron chi connectivity index (χ3n) is 0.953. The highest BCUT2D eigenvalue weighted by Gasteiger charge is 2.22. The second-order valence-electron chi connectivity index (χ2n) is 3.44. The van der Waals surface area contributed by atoms with E-state index in [4.69, 9.17) is 15.1 Å². The van der Waals surface area contributed by atoms with E-state index in [-0.39, 0.29) is 0 Å². The lowest BCUT2D eigenvalue weighted by molar-refractivity contribution is -0.216. The van der Waals surface area contributed by atoms with Crippen LogP contribution in [0.15, 0.2) is 11.8 Å². The maximum absolute atomic E-state index is 11.1. The summed E-state index contributed by atoms with van der Waals surface area (Å²) in [7, 11) is 0. The number of hydrogen-bond donors (Lipinski definition) is 2. The number of rotatable bonds is 3. The number of esters is 1. The molecule has 0 bridgehead atoms. The molecule has 0 heterocycles. The van der Waals surface area contributed by atoms with Crippen LogP contribution in [-0.4, -0.2) is 27.9 Å². The average molecular weight is 204 g/mol. The van der Waals surface area contributed by atoms with Gasteiger partial charge in [-0.3, -0.25) is 0 Å². The van der Waals surface area contributed by atoms with Crippen LogP contribution >= 0.6 is 0 Å². The van der Waals surface area contributed by atoms with E-state index < -0.39 is 23.3 Å². The highest BCUT2D eigenvalue weighted by molar-refractivity contribution is 5.94. The molecule has 80 valence electrons. The molecular weight excluding hydrogens is 192 g/mol. The molecule has 0 aromatic rings. The molecule has 0 aliphatic rings. The zero-order valence-corrected chi connectivity index (χ0v) is 8.10. The van der Waals surface area contributed by atoms with Gasteiger partial charge in [0.05, 0.1) is 6.08 Å². The molecule has 0 aromatic carbocycles. The van der Waals surface area contributed by atoms with Gasteiger partial charge < -0.3 is 14.7 Å². The largest absolute Gasteiger partial charge is 0.478 e. The molecule has 0 saturated heterocycles. The van der Waals surface area contributed by atoms with Crippen molar-refractivity contribution >= 4 is 11.9 Å². The van der Waals surface area contributed by atoms with E-state index in [1.165, 1.54) is 0 Å². The number of carboxylic acid groups (broad SMARTS) is 1. The van der Waals surface area contributed by atoms with E-state index in [0.29, 0.717) is 6.08 Å². The molecule has 0 spiro atoms. The van der Waals surface area contributed by atoms with E-state index in [0.717, 1.165) is 0 Å². The minimum absolute atomic E-state index is 0.411. The molecule has 14 heavy (non-hydrogen) atoms. The first-order valence-corrected chi connectivity index (χ1v) is 3.75. The number of hydrogen-bond acceptors (Lipinski definition) is 5. The van der Waals surface area contributed by atoms with Gasteiger partial charge in [-0.05, 0) is 20.8 Å². The van der Waals surface area contributed by atoms with Crippen molar-refractivity contribution in [2.75, 3.05) is 0 Å². The van der Waals surface area contributed by atoms with Crippen LogP contribution in [0.1, 0.15) is 20.8 Å². The quantitative estimate of drug-likeness (QED) is 0.232. The van der Waals surface area contributed by atoms with Crippen molar-refractivity contribution < 1.29 is 29.6 Å². The maximum Gasteiger partial charge on any atom is 0.378 e. The molecule has 2 N–H and O–H groups in total. The van der Waals surface area contributed by atoms with Gasteiger partial charge in [0.2, 0.25) is 0 Å². The molecule has 0 atom stereocenters. The van der Waals surface area contributed by atoms with E-state index in [1.807, 2.05) is 0 Å². The van der Waals surface area contributed by atoms with Crippen LogP contribution < -0.4 is 0 Å². The Morgan fingerprint density at radius 2 is 1.79 bits per heavy atom. The zero-order chi connectivity index (χ0) is 11.4. The van der Waals surface area contributed by atoms with Crippen LogP contribution in [-0.2, 0) is 19.2 Å². The minimum atomic E-state index is -1.42. The van der Waals surface area contributed by atoms with Crippen LogP contribution in [0.4, 0.5) is 0 Å². The first-order valence-electron chi connectivity index (χ1n) is 3.75. The van der Waals surface area contributed by atoms with Gasteiger partial charge in [0.1, 0.15) is 5.60 Å². The Morgan fingerprint density at radius 1 is 1.29 bits per heavy atom. The van der Waals surface area contributed by atoms with Crippen molar-refractivity contribution in [3.8, 4) is 0 Å². The molecule has 0 rings (SSSR count). The third kappa shape index (κ3) is 5.15. The highest BCUT2D eigenvalue weighted by atomic mass is 17.1. The monoisotopic (exact) mass is 204 g/mol. The first kappa shape index (κ1) is 12.4. The molecule has 0 aliphatic carbocycles. The lowest BCUT2D eigenvalue weighted by Gasteiger charge is -2.19. The second-order valence-corrected chi connectivity index (χ2v) is 3.44. The van der Waals surface area contributed by atoms with Gasteiger partial charge in [-0.15, -0.1) is 0 Å². The summed E-state index contributed by atoms with van der Waals surface area (Å²) in [6.07, 6.45) is 0.411. The highest BCUT2D eigenvalue weighted by Crippen LogP contribution is 2.10. The van der Waals surface area contributed by atoms with E-state index in [1.54, 1.807) is 20.8 Å². The fourth-order valence-corrected chi connectivity index (χ4v) is 0.563. The van der Waals surface area contributed by atoms with Crippen LogP contribution in [0.2, 0.25) is 0 Å². The van der Waals surface area contributed by atoms with E-state index in [9.17, 15) is 9.59 Å². The molecule has 0 aromatic heterocycles. The molecule has 6 heteroatoms. The number of carboxylic acids is 1. The summed E-state index contributed by atoms with van der Waals surface area (Å²) in [5.74, 6) is -3.23. The summed E-state index contributed by atoms with van der Waals surface area (Å²) in [6, 6.07) is 0. The number of carbonyl (C=O) groups is 2. The second kappa shape index (κ2) is 4.61. The molecule has 0 fully saturated rings. The maximum atomic E-state index is 11.1. The molecule has 0 radical (unpaired) electrons. The summed E-state index contributed by atoms with van der Waals surface area (Å²) >= 11 is 0. The fourth-order valence-electron chi connectivity index (χ4n) is 0.563. The topological polar surface area (TPSA) is 93.1 Å². The van der Waals surface area contributed by atoms with Gasteiger partial charge in [0.15, 0.2) is 0 Å². The zero-order valence-electron chi connectivity index (χ0n) is 8.10. The van der Waals surface area contributed by atoms with Crippen LogP contribution in [0.5, 0.6) is 0 Å². The van der Waals surface area contributed by atoms with Crippen molar-refractivity contribution in [3.05, 3.63) is 11.8 Å². The van der Waals surface area contributed by atoms with Gasteiger partial charge in [-0.2, -0.15) is 0 Å². The Balaban J connectivity index is 4.57. The van der Waals surface area contributed by atoms with Gasteiger partial charge in [0, 0.05) is 0 Å². The van der Waals surface area contributed by atoms with Crippen molar-refractivity contribution in [1.82, 2.24) is 0 Å². The number of ether oxygens (including phenoxy) is 1. The van der Waals surface area contributed by atoms with Crippen molar-refractivity contribution in [3.63, 3.8) is 0 Å². The molecule has 0 unspecified atom stereocenters. The van der Waals surface area contributed by atoms with Crippen LogP contribution in [0, 0.1) is 0 Å². The standard InChI is InChI=1S/C8H12O6/c1-8(2,3)13-7(11)5(14-12)4-6(9)10/h4,12H,1-3H3,(H,9,10)/b5-4+. The van der Waals surface area contributed by atoms with Crippen molar-refractivity contribution in [2.45, 2.75) is 26.4 Å². The van der Waals surface area contributed by atoms with Crippen LogP contribution in [0.3, 0.4) is 0 Å². The minimum Gasteiger partial charge on any atom is -0.478 e. The summed E-state index contributed by atoms with van der Waals surface area (Å²) in [4.78, 5) is 24.8. The Kier molecular flexibility index (Phi) is 4.10. The first-order chi connectivity index (χ1) is 6.26. The van der Waals surface area contributed by atoms with E-state index in [2.05, 4.69) is 4.89 Å². The average Bonchev–Trinajstić information content (AvgIpc) is 1.96. The summed E-state index contributed by atoms with van der Waals surface area (Å²) in [6.45, 7) is 4.79. The molecule has 0 aliphatic heterocycles. The SMILES string of the molecule is CC(C)(C)OC(=O)/C(=C\C(=O)O)OO. The number of carbonyl (C=O) groups excluding carboxylic acids is 1. The summed E-state index contributed by atoms with van der Waals surface area (Å²) in [5, 5.41) is 16.5. The van der Waals surface area contributed by atoms with Gasteiger partial charge in [-0.1, -0.05) is 0 Å².